The Bertz CT molecular complexity index is 924. The van der Waals surface area contributed by atoms with Gasteiger partial charge in [-0.1, -0.05) is 24.3 Å². The summed E-state index contributed by atoms with van der Waals surface area (Å²) in [6.07, 6.45) is 0. The van der Waals surface area contributed by atoms with Crippen molar-refractivity contribution in [2.24, 2.45) is 0 Å². The molecule has 3 heterocycles. The second-order valence-corrected chi connectivity index (χ2v) is 6.00. The van der Waals surface area contributed by atoms with Gasteiger partial charge < -0.3 is 4.74 Å². The molecule has 1 fully saturated rings. The molecule has 2 aromatic heterocycles. The quantitative estimate of drug-likeness (QED) is 0.784. The lowest BCUT2D eigenvalue weighted by molar-refractivity contribution is 0.0336. The number of aromatic nitrogens is 4. The monoisotopic (exact) mass is 325 g/mol. The topological polar surface area (TPSA) is 75.5 Å². The van der Waals surface area contributed by atoms with Crippen LogP contribution >= 0.6 is 0 Å². The van der Waals surface area contributed by atoms with Crippen molar-refractivity contribution in [1.29, 1.82) is 0 Å². The summed E-state index contributed by atoms with van der Waals surface area (Å²) in [6, 6.07) is 9.50. The average Bonchev–Trinajstić information content (AvgIpc) is 3.00. The summed E-state index contributed by atoms with van der Waals surface area (Å²) in [4.78, 5) is 23.7. The summed E-state index contributed by atoms with van der Waals surface area (Å²) in [5.41, 5.74) is 2.66. The number of nitrogens with zero attached hydrogens (tertiary/aromatic N) is 4. The maximum atomic E-state index is 12.4. The first-order chi connectivity index (χ1) is 11.7. The Hall–Kier alpha value is -2.51. The minimum absolute atomic E-state index is 0.143. The van der Waals surface area contributed by atoms with Crippen molar-refractivity contribution in [2.75, 3.05) is 26.3 Å². The Morgan fingerprint density at radius 1 is 1.21 bits per heavy atom. The second-order valence-electron chi connectivity index (χ2n) is 6.00. The van der Waals surface area contributed by atoms with Crippen molar-refractivity contribution in [3.05, 3.63) is 51.9 Å². The zero-order valence-corrected chi connectivity index (χ0v) is 13.5. The molecule has 1 aromatic carbocycles. The highest BCUT2D eigenvalue weighted by Crippen LogP contribution is 2.19. The predicted molar refractivity (Wildman–Crippen MR) is 89.9 cm³/mol. The van der Waals surface area contributed by atoms with Crippen LogP contribution in [0.15, 0.2) is 35.1 Å². The number of nitrogens with one attached hydrogen (secondary N) is 1. The highest BCUT2D eigenvalue weighted by molar-refractivity contribution is 5.61. The number of benzene rings is 1. The molecule has 0 bridgehead atoms. The van der Waals surface area contributed by atoms with E-state index in [0.29, 0.717) is 18.1 Å². The van der Waals surface area contributed by atoms with E-state index in [1.165, 1.54) is 4.52 Å². The molecule has 124 valence electrons. The van der Waals surface area contributed by atoms with Crippen LogP contribution in [-0.4, -0.2) is 50.8 Å². The minimum atomic E-state index is -0.143. The molecule has 7 heteroatoms. The number of H-pyrrole nitrogens is 1. The molecular formula is C17H19N5O2. The third-order valence-corrected chi connectivity index (χ3v) is 4.27. The van der Waals surface area contributed by atoms with Gasteiger partial charge in [-0.3, -0.25) is 14.8 Å². The van der Waals surface area contributed by atoms with Crippen molar-refractivity contribution in [1.82, 2.24) is 24.5 Å². The number of rotatable bonds is 3. The fourth-order valence-electron chi connectivity index (χ4n) is 2.96. The number of morpholine rings is 1. The lowest BCUT2D eigenvalue weighted by Gasteiger charge is -2.25. The van der Waals surface area contributed by atoms with Crippen molar-refractivity contribution < 1.29 is 4.74 Å². The summed E-state index contributed by atoms with van der Waals surface area (Å²) >= 11 is 0. The number of ether oxygens (including phenoxy) is 1. The minimum Gasteiger partial charge on any atom is -0.379 e. The van der Waals surface area contributed by atoms with Gasteiger partial charge in [0, 0.05) is 31.3 Å². The molecule has 0 spiro atoms. The van der Waals surface area contributed by atoms with Crippen molar-refractivity contribution >= 4 is 5.78 Å². The average molecular weight is 325 g/mol. The van der Waals surface area contributed by atoms with Gasteiger partial charge in [0.05, 0.1) is 18.9 Å². The first-order valence-electron chi connectivity index (χ1n) is 8.05. The van der Waals surface area contributed by atoms with Crippen LogP contribution in [0.3, 0.4) is 0 Å². The molecule has 4 rings (SSSR count). The van der Waals surface area contributed by atoms with Gasteiger partial charge in [0.25, 0.3) is 11.3 Å². The van der Waals surface area contributed by atoms with Crippen LogP contribution in [0.4, 0.5) is 0 Å². The fraction of sp³-hybridized carbons (Fsp3) is 0.353. The normalized spacial score (nSPS) is 15.9. The number of hydrogen-bond donors (Lipinski definition) is 1. The van der Waals surface area contributed by atoms with E-state index in [4.69, 9.17) is 4.74 Å². The number of aryl methyl sites for hydroxylation is 1. The van der Waals surface area contributed by atoms with Gasteiger partial charge in [-0.2, -0.15) is 9.50 Å². The lowest BCUT2D eigenvalue weighted by Crippen LogP contribution is -2.36. The molecule has 0 amide bonds. The molecule has 7 nitrogen and oxygen atoms in total. The van der Waals surface area contributed by atoms with E-state index < -0.39 is 0 Å². The largest absolute Gasteiger partial charge is 0.379 e. The third-order valence-electron chi connectivity index (χ3n) is 4.27. The SMILES string of the molecule is Cc1ccccc1-c1nc2nc(CN3CCOCC3)cc(=O)n2[nH]1. The highest BCUT2D eigenvalue weighted by Gasteiger charge is 2.14. The van der Waals surface area contributed by atoms with Gasteiger partial charge >= 0.3 is 0 Å². The van der Waals surface area contributed by atoms with Crippen LogP contribution in [-0.2, 0) is 11.3 Å². The molecule has 0 saturated carbocycles. The molecule has 24 heavy (non-hydrogen) atoms. The van der Waals surface area contributed by atoms with Crippen LogP contribution in [0, 0.1) is 6.92 Å². The first-order valence-corrected chi connectivity index (χ1v) is 8.05. The van der Waals surface area contributed by atoms with E-state index in [0.717, 1.165) is 43.1 Å². The van der Waals surface area contributed by atoms with E-state index in [2.05, 4.69) is 20.0 Å². The molecule has 3 aromatic rings. The molecule has 1 N–H and O–H groups in total. The fourth-order valence-corrected chi connectivity index (χ4v) is 2.96. The Morgan fingerprint density at radius 3 is 2.79 bits per heavy atom. The summed E-state index contributed by atoms with van der Waals surface area (Å²) in [5, 5.41) is 3.05. The smallest absolute Gasteiger partial charge is 0.274 e. The van der Waals surface area contributed by atoms with Gasteiger partial charge in [-0.05, 0) is 12.5 Å². The van der Waals surface area contributed by atoms with E-state index in [9.17, 15) is 4.79 Å². The Kier molecular flexibility index (Phi) is 3.87. The van der Waals surface area contributed by atoms with Gasteiger partial charge in [-0.25, -0.2) is 4.98 Å². The summed E-state index contributed by atoms with van der Waals surface area (Å²) in [5.74, 6) is 1.06. The number of fused-ring (bicyclic) bond motifs is 1. The van der Waals surface area contributed by atoms with Crippen LogP contribution < -0.4 is 5.56 Å². The summed E-state index contributed by atoms with van der Waals surface area (Å²) in [7, 11) is 0. The van der Waals surface area contributed by atoms with E-state index in [-0.39, 0.29) is 5.56 Å². The predicted octanol–water partition coefficient (Wildman–Crippen LogP) is 1.23. The van der Waals surface area contributed by atoms with Gasteiger partial charge in [0.1, 0.15) is 0 Å². The zero-order valence-electron chi connectivity index (χ0n) is 13.5. The summed E-state index contributed by atoms with van der Waals surface area (Å²) in [6.45, 7) is 5.82. The van der Waals surface area contributed by atoms with E-state index in [1.807, 2.05) is 31.2 Å². The number of hydrogen-bond acceptors (Lipinski definition) is 5. The van der Waals surface area contributed by atoms with Crippen LogP contribution in [0.25, 0.3) is 17.2 Å². The van der Waals surface area contributed by atoms with E-state index in [1.54, 1.807) is 6.07 Å². The Labute approximate surface area is 138 Å². The second kappa shape index (κ2) is 6.18. The summed E-state index contributed by atoms with van der Waals surface area (Å²) < 4.78 is 6.74. The molecule has 0 unspecified atom stereocenters. The van der Waals surface area contributed by atoms with Gasteiger partial charge in [-0.15, -0.1) is 0 Å². The van der Waals surface area contributed by atoms with E-state index >= 15 is 0 Å². The Morgan fingerprint density at radius 2 is 2.00 bits per heavy atom. The van der Waals surface area contributed by atoms with Crippen LogP contribution in [0.2, 0.25) is 0 Å². The molecule has 0 radical (unpaired) electrons. The molecule has 1 aliphatic rings. The van der Waals surface area contributed by atoms with Crippen molar-refractivity contribution in [3.8, 4) is 11.4 Å². The first kappa shape index (κ1) is 15.0. The Balaban J connectivity index is 1.70. The maximum Gasteiger partial charge on any atom is 0.274 e. The standard InChI is InChI=1S/C17H19N5O2/c1-12-4-2-3-5-14(12)16-19-17-18-13(10-15(23)22(17)20-16)11-21-6-8-24-9-7-21/h2-5,10H,6-9,11H2,1H3,(H,18,19,20). The number of aromatic amines is 1. The van der Waals surface area contributed by atoms with Gasteiger partial charge in [0.2, 0.25) is 0 Å². The molecule has 0 atom stereocenters. The molecule has 1 saturated heterocycles. The van der Waals surface area contributed by atoms with Gasteiger partial charge in [0.15, 0.2) is 5.82 Å². The van der Waals surface area contributed by atoms with Crippen LogP contribution in [0.1, 0.15) is 11.3 Å². The van der Waals surface area contributed by atoms with Crippen molar-refractivity contribution in [3.63, 3.8) is 0 Å². The lowest BCUT2D eigenvalue weighted by atomic mass is 10.1. The molecule has 0 aliphatic carbocycles. The zero-order chi connectivity index (χ0) is 16.5. The molecule has 1 aliphatic heterocycles. The third kappa shape index (κ3) is 2.83. The highest BCUT2D eigenvalue weighted by atomic mass is 16.5. The maximum absolute atomic E-state index is 12.4. The van der Waals surface area contributed by atoms with Crippen molar-refractivity contribution in [2.45, 2.75) is 13.5 Å². The molecular weight excluding hydrogens is 306 g/mol. The van der Waals surface area contributed by atoms with Crippen LogP contribution in [0.5, 0.6) is 0 Å².